The first-order valence-corrected chi connectivity index (χ1v) is 5.17. The standard InChI is InChI=1S/C10H4ClF4N3O/c11-5-2-1-3-7(8(5)12)18-4-6(16-17-18)9(19)10(13,14)15/h1-4H. The molecule has 0 radical (unpaired) electrons. The highest BCUT2D eigenvalue weighted by atomic mass is 35.5. The number of carbonyl (C=O) groups excluding carboxylic acids is 1. The second-order valence-corrected chi connectivity index (χ2v) is 3.86. The Balaban J connectivity index is 2.42. The van der Waals surface area contributed by atoms with Crippen molar-refractivity contribution in [1.29, 1.82) is 0 Å². The third kappa shape index (κ3) is 2.58. The molecule has 0 aliphatic rings. The van der Waals surface area contributed by atoms with Gasteiger partial charge in [-0.05, 0) is 12.1 Å². The monoisotopic (exact) mass is 293 g/mol. The second kappa shape index (κ2) is 4.61. The van der Waals surface area contributed by atoms with E-state index in [9.17, 15) is 22.4 Å². The zero-order chi connectivity index (χ0) is 14.2. The normalized spacial score (nSPS) is 11.6. The second-order valence-electron chi connectivity index (χ2n) is 3.45. The van der Waals surface area contributed by atoms with Gasteiger partial charge in [-0.25, -0.2) is 9.07 Å². The van der Waals surface area contributed by atoms with Gasteiger partial charge >= 0.3 is 6.18 Å². The predicted molar refractivity (Wildman–Crippen MR) is 56.7 cm³/mol. The lowest BCUT2D eigenvalue weighted by Gasteiger charge is -2.03. The molecule has 0 aliphatic carbocycles. The Morgan fingerprint density at radius 2 is 2.00 bits per heavy atom. The van der Waals surface area contributed by atoms with Crippen molar-refractivity contribution in [3.8, 4) is 5.69 Å². The van der Waals surface area contributed by atoms with Crippen molar-refractivity contribution in [3.05, 3.63) is 40.9 Å². The van der Waals surface area contributed by atoms with Crippen molar-refractivity contribution in [2.75, 3.05) is 0 Å². The SMILES string of the molecule is O=C(c1cn(-c2cccc(Cl)c2F)nn1)C(F)(F)F. The molecule has 1 aromatic carbocycles. The van der Waals surface area contributed by atoms with Crippen LogP contribution in [0.1, 0.15) is 10.5 Å². The van der Waals surface area contributed by atoms with Gasteiger partial charge in [-0.15, -0.1) is 5.10 Å². The summed E-state index contributed by atoms with van der Waals surface area (Å²) >= 11 is 5.52. The average Bonchev–Trinajstić information content (AvgIpc) is 2.79. The summed E-state index contributed by atoms with van der Waals surface area (Å²) in [7, 11) is 0. The Bertz CT molecular complexity index is 638. The Kier molecular flexibility index (Phi) is 3.27. The van der Waals surface area contributed by atoms with E-state index >= 15 is 0 Å². The predicted octanol–water partition coefficient (Wildman–Crippen LogP) is 2.80. The molecule has 2 rings (SSSR count). The number of rotatable bonds is 2. The molecule has 1 aromatic heterocycles. The highest BCUT2D eigenvalue weighted by Crippen LogP contribution is 2.23. The van der Waals surface area contributed by atoms with Crippen LogP contribution in [0.5, 0.6) is 0 Å². The maximum Gasteiger partial charge on any atom is 0.456 e. The number of hydrogen-bond acceptors (Lipinski definition) is 3. The van der Waals surface area contributed by atoms with E-state index in [1.807, 2.05) is 0 Å². The minimum absolute atomic E-state index is 0.207. The summed E-state index contributed by atoms with van der Waals surface area (Å²) < 4.78 is 50.8. The molecule has 0 aliphatic heterocycles. The van der Waals surface area contributed by atoms with Crippen molar-refractivity contribution in [3.63, 3.8) is 0 Å². The maximum absolute atomic E-state index is 13.6. The van der Waals surface area contributed by atoms with Crippen molar-refractivity contribution in [2.45, 2.75) is 6.18 Å². The van der Waals surface area contributed by atoms with Crippen LogP contribution < -0.4 is 0 Å². The van der Waals surface area contributed by atoms with Crippen molar-refractivity contribution >= 4 is 17.4 Å². The molecule has 0 N–H and O–H groups in total. The highest BCUT2D eigenvalue weighted by Gasteiger charge is 2.41. The van der Waals surface area contributed by atoms with E-state index in [0.29, 0.717) is 10.9 Å². The van der Waals surface area contributed by atoms with Crippen molar-refractivity contribution in [2.24, 2.45) is 0 Å². The number of benzene rings is 1. The van der Waals surface area contributed by atoms with Gasteiger partial charge in [-0.1, -0.05) is 22.9 Å². The van der Waals surface area contributed by atoms with Gasteiger partial charge in [0.25, 0.3) is 5.78 Å². The molecule has 0 bridgehead atoms. The number of Topliss-reactive ketones (excluding diaryl/α,β-unsaturated/α-hetero) is 1. The molecular weight excluding hydrogens is 290 g/mol. The number of hydrogen-bond donors (Lipinski definition) is 0. The molecule has 0 saturated carbocycles. The van der Waals surface area contributed by atoms with Crippen molar-refractivity contribution in [1.82, 2.24) is 15.0 Å². The number of carbonyl (C=O) groups is 1. The van der Waals surface area contributed by atoms with Crippen LogP contribution in [0.4, 0.5) is 17.6 Å². The first kappa shape index (κ1) is 13.5. The van der Waals surface area contributed by atoms with Gasteiger partial charge in [0, 0.05) is 0 Å². The van der Waals surface area contributed by atoms with Crippen LogP contribution in [0, 0.1) is 5.82 Å². The van der Waals surface area contributed by atoms with E-state index in [-0.39, 0.29) is 10.7 Å². The minimum Gasteiger partial charge on any atom is -0.282 e. The lowest BCUT2D eigenvalue weighted by atomic mass is 10.3. The number of alkyl halides is 3. The fourth-order valence-electron chi connectivity index (χ4n) is 1.30. The third-order valence-corrected chi connectivity index (χ3v) is 2.45. The van der Waals surface area contributed by atoms with E-state index in [0.717, 1.165) is 0 Å². The van der Waals surface area contributed by atoms with E-state index < -0.39 is 23.5 Å². The molecule has 0 spiro atoms. The molecule has 0 atom stereocenters. The number of halogens is 5. The summed E-state index contributed by atoms with van der Waals surface area (Å²) in [6.45, 7) is 0. The Labute approximate surface area is 108 Å². The van der Waals surface area contributed by atoms with Gasteiger partial charge < -0.3 is 0 Å². The van der Waals surface area contributed by atoms with Crippen LogP contribution in [-0.2, 0) is 0 Å². The molecule has 2 aromatic rings. The van der Waals surface area contributed by atoms with Crippen molar-refractivity contribution < 1.29 is 22.4 Å². The number of aromatic nitrogens is 3. The van der Waals surface area contributed by atoms with Gasteiger partial charge in [-0.3, -0.25) is 4.79 Å². The van der Waals surface area contributed by atoms with Crippen LogP contribution >= 0.6 is 11.6 Å². The Morgan fingerprint density at radius 1 is 1.32 bits per heavy atom. The number of ketones is 1. The van der Waals surface area contributed by atoms with Gasteiger partial charge in [0.05, 0.1) is 11.2 Å². The first-order valence-electron chi connectivity index (χ1n) is 4.79. The van der Waals surface area contributed by atoms with Gasteiger partial charge in [0.1, 0.15) is 5.69 Å². The fourth-order valence-corrected chi connectivity index (χ4v) is 1.47. The van der Waals surface area contributed by atoms with Gasteiger partial charge in [-0.2, -0.15) is 13.2 Å². The molecule has 0 fully saturated rings. The first-order chi connectivity index (χ1) is 8.80. The minimum atomic E-state index is -5.06. The molecule has 4 nitrogen and oxygen atoms in total. The Morgan fingerprint density at radius 3 is 2.63 bits per heavy atom. The fraction of sp³-hybridized carbons (Fsp3) is 0.100. The van der Waals surface area contributed by atoms with Crippen LogP contribution in [0.15, 0.2) is 24.4 Å². The van der Waals surface area contributed by atoms with E-state index in [2.05, 4.69) is 10.3 Å². The molecular formula is C10H4ClF4N3O. The third-order valence-electron chi connectivity index (χ3n) is 2.16. The quantitative estimate of drug-likeness (QED) is 0.632. The highest BCUT2D eigenvalue weighted by molar-refractivity contribution is 6.30. The Hall–Kier alpha value is -1.96. The summed E-state index contributed by atoms with van der Waals surface area (Å²) in [5.74, 6) is -3.03. The zero-order valence-electron chi connectivity index (χ0n) is 8.95. The van der Waals surface area contributed by atoms with Crippen LogP contribution in [0.25, 0.3) is 5.69 Å². The molecule has 0 saturated heterocycles. The summed E-state index contributed by atoms with van der Waals surface area (Å²) in [6.07, 6.45) is -4.38. The van der Waals surface area contributed by atoms with Gasteiger partial charge in [0.2, 0.25) is 0 Å². The molecule has 9 heteroatoms. The largest absolute Gasteiger partial charge is 0.456 e. The lowest BCUT2D eigenvalue weighted by Crippen LogP contribution is -2.23. The topological polar surface area (TPSA) is 47.8 Å². The van der Waals surface area contributed by atoms with E-state index in [4.69, 9.17) is 11.6 Å². The maximum atomic E-state index is 13.6. The molecule has 1 heterocycles. The summed E-state index contributed by atoms with van der Waals surface area (Å²) in [5, 5.41) is 6.11. The zero-order valence-corrected chi connectivity index (χ0v) is 9.71. The summed E-state index contributed by atoms with van der Waals surface area (Å²) in [4.78, 5) is 10.9. The van der Waals surface area contributed by atoms with E-state index in [1.165, 1.54) is 18.2 Å². The lowest BCUT2D eigenvalue weighted by molar-refractivity contribution is -0.0888. The van der Waals surface area contributed by atoms with Crippen LogP contribution in [0.2, 0.25) is 5.02 Å². The molecule has 19 heavy (non-hydrogen) atoms. The van der Waals surface area contributed by atoms with E-state index in [1.54, 1.807) is 0 Å². The average molecular weight is 294 g/mol. The number of nitrogens with zero attached hydrogens (tertiary/aromatic N) is 3. The summed E-state index contributed by atoms with van der Waals surface area (Å²) in [5.41, 5.74) is -1.13. The van der Waals surface area contributed by atoms with Crippen LogP contribution in [0.3, 0.4) is 0 Å². The molecule has 0 unspecified atom stereocenters. The molecule has 0 amide bonds. The van der Waals surface area contributed by atoms with Crippen LogP contribution in [-0.4, -0.2) is 27.0 Å². The smallest absolute Gasteiger partial charge is 0.282 e. The summed E-state index contributed by atoms with van der Waals surface area (Å²) in [6, 6.07) is 3.88. The molecule has 100 valence electrons. The van der Waals surface area contributed by atoms with Gasteiger partial charge in [0.15, 0.2) is 11.5 Å².